The standard InChI is InChI=1S/C13H15N5O2/c1-17-10(6-7-14-17)9-4-5-12(16-15-9)18-8-2-3-11(18)13(19)20/h4-7,11H,2-3,8H2,1H3,(H,19,20)/t11-/m0/s1. The summed E-state index contributed by atoms with van der Waals surface area (Å²) in [5, 5.41) is 21.6. The number of aromatic nitrogens is 4. The Morgan fingerprint density at radius 1 is 1.35 bits per heavy atom. The molecule has 0 unspecified atom stereocenters. The fourth-order valence-corrected chi connectivity index (χ4v) is 2.54. The first-order valence-electron chi connectivity index (χ1n) is 6.48. The second-order valence-corrected chi connectivity index (χ2v) is 4.81. The number of rotatable bonds is 3. The summed E-state index contributed by atoms with van der Waals surface area (Å²) < 4.78 is 1.72. The lowest BCUT2D eigenvalue weighted by Crippen LogP contribution is -2.36. The number of nitrogens with zero attached hydrogens (tertiary/aromatic N) is 5. The first-order valence-corrected chi connectivity index (χ1v) is 6.48. The minimum absolute atomic E-state index is 0.494. The molecule has 1 aliphatic heterocycles. The predicted octanol–water partition coefficient (Wildman–Crippen LogP) is 0.930. The van der Waals surface area contributed by atoms with Crippen LogP contribution in [0.3, 0.4) is 0 Å². The molecule has 1 N–H and O–H groups in total. The van der Waals surface area contributed by atoms with E-state index in [1.807, 2.05) is 25.2 Å². The fraction of sp³-hybridized carbons (Fsp3) is 0.385. The van der Waals surface area contributed by atoms with Gasteiger partial charge in [-0.1, -0.05) is 0 Å². The maximum absolute atomic E-state index is 11.2. The maximum atomic E-state index is 11.2. The van der Waals surface area contributed by atoms with Crippen molar-refractivity contribution in [1.29, 1.82) is 0 Å². The van der Waals surface area contributed by atoms with Crippen LogP contribution in [0.25, 0.3) is 11.4 Å². The first kappa shape index (κ1) is 12.6. The molecule has 20 heavy (non-hydrogen) atoms. The molecule has 3 rings (SSSR count). The van der Waals surface area contributed by atoms with Crippen LogP contribution < -0.4 is 4.90 Å². The minimum Gasteiger partial charge on any atom is -0.480 e. The summed E-state index contributed by atoms with van der Waals surface area (Å²) in [6.45, 7) is 0.705. The normalized spacial score (nSPS) is 18.4. The third-order valence-corrected chi connectivity index (χ3v) is 3.57. The summed E-state index contributed by atoms with van der Waals surface area (Å²) in [5.74, 6) is -0.194. The summed E-state index contributed by atoms with van der Waals surface area (Å²) in [4.78, 5) is 13.0. The van der Waals surface area contributed by atoms with Crippen LogP contribution in [0, 0.1) is 0 Å². The van der Waals surface area contributed by atoms with Gasteiger partial charge in [0, 0.05) is 19.8 Å². The van der Waals surface area contributed by atoms with Gasteiger partial charge in [0.25, 0.3) is 0 Å². The largest absolute Gasteiger partial charge is 0.480 e. The average molecular weight is 273 g/mol. The van der Waals surface area contributed by atoms with E-state index in [2.05, 4.69) is 15.3 Å². The highest BCUT2D eigenvalue weighted by Gasteiger charge is 2.31. The average Bonchev–Trinajstić information content (AvgIpc) is 3.07. The molecule has 0 saturated carbocycles. The third-order valence-electron chi connectivity index (χ3n) is 3.57. The van der Waals surface area contributed by atoms with Crippen LogP contribution in [0.15, 0.2) is 24.4 Å². The Kier molecular flexibility index (Phi) is 3.09. The molecule has 3 heterocycles. The topological polar surface area (TPSA) is 84.1 Å². The molecular weight excluding hydrogens is 258 g/mol. The highest BCUT2D eigenvalue weighted by Crippen LogP contribution is 2.24. The molecule has 104 valence electrons. The fourth-order valence-electron chi connectivity index (χ4n) is 2.54. The minimum atomic E-state index is -0.806. The number of hydrogen-bond donors (Lipinski definition) is 1. The Labute approximate surface area is 115 Å². The van der Waals surface area contributed by atoms with E-state index in [-0.39, 0.29) is 0 Å². The molecule has 1 saturated heterocycles. The summed E-state index contributed by atoms with van der Waals surface area (Å²) in [6, 6.07) is 5.03. The van der Waals surface area contributed by atoms with Crippen LogP contribution in [-0.2, 0) is 11.8 Å². The van der Waals surface area contributed by atoms with Crippen LogP contribution in [0.4, 0.5) is 5.82 Å². The van der Waals surface area contributed by atoms with Crippen molar-refractivity contribution in [2.75, 3.05) is 11.4 Å². The zero-order chi connectivity index (χ0) is 14.1. The molecule has 0 bridgehead atoms. The molecule has 2 aromatic rings. The summed E-state index contributed by atoms with van der Waals surface area (Å²) in [5.41, 5.74) is 1.60. The summed E-state index contributed by atoms with van der Waals surface area (Å²) in [7, 11) is 1.84. The lowest BCUT2D eigenvalue weighted by atomic mass is 10.2. The Hall–Kier alpha value is -2.44. The highest BCUT2D eigenvalue weighted by atomic mass is 16.4. The third kappa shape index (κ3) is 2.11. The second-order valence-electron chi connectivity index (χ2n) is 4.81. The van der Waals surface area contributed by atoms with Crippen molar-refractivity contribution in [1.82, 2.24) is 20.0 Å². The monoisotopic (exact) mass is 273 g/mol. The Balaban J connectivity index is 1.86. The zero-order valence-corrected chi connectivity index (χ0v) is 11.1. The molecule has 2 aromatic heterocycles. The van der Waals surface area contributed by atoms with Crippen LogP contribution in [0.2, 0.25) is 0 Å². The van der Waals surface area contributed by atoms with E-state index in [9.17, 15) is 9.90 Å². The number of aliphatic carboxylic acids is 1. The van der Waals surface area contributed by atoms with Gasteiger partial charge >= 0.3 is 5.97 Å². The molecule has 1 aliphatic rings. The lowest BCUT2D eigenvalue weighted by Gasteiger charge is -2.21. The van der Waals surface area contributed by atoms with Gasteiger partial charge in [-0.25, -0.2) is 4.79 Å². The van der Waals surface area contributed by atoms with Gasteiger partial charge in [0.2, 0.25) is 0 Å². The number of carboxylic acid groups (broad SMARTS) is 1. The number of carbonyl (C=O) groups is 1. The number of aryl methyl sites for hydroxylation is 1. The molecule has 0 aromatic carbocycles. The van der Waals surface area contributed by atoms with Crippen molar-refractivity contribution < 1.29 is 9.90 Å². The number of hydrogen-bond acceptors (Lipinski definition) is 5. The van der Waals surface area contributed by atoms with E-state index in [0.29, 0.717) is 18.8 Å². The van der Waals surface area contributed by atoms with E-state index in [4.69, 9.17) is 0 Å². The van der Waals surface area contributed by atoms with Gasteiger partial charge in [-0.05, 0) is 31.0 Å². The molecular formula is C13H15N5O2. The van der Waals surface area contributed by atoms with Crippen molar-refractivity contribution in [2.45, 2.75) is 18.9 Å². The van der Waals surface area contributed by atoms with Gasteiger partial charge in [0.15, 0.2) is 5.82 Å². The molecule has 0 spiro atoms. The zero-order valence-electron chi connectivity index (χ0n) is 11.1. The van der Waals surface area contributed by atoms with Gasteiger partial charge in [-0.2, -0.15) is 5.10 Å². The maximum Gasteiger partial charge on any atom is 0.326 e. The quantitative estimate of drug-likeness (QED) is 0.895. The molecule has 0 amide bonds. The molecule has 0 aliphatic carbocycles. The second kappa shape index (κ2) is 4.92. The summed E-state index contributed by atoms with van der Waals surface area (Å²) >= 11 is 0. The predicted molar refractivity (Wildman–Crippen MR) is 72.2 cm³/mol. The van der Waals surface area contributed by atoms with Gasteiger partial charge in [-0.15, -0.1) is 10.2 Å². The van der Waals surface area contributed by atoms with E-state index in [1.54, 1.807) is 15.8 Å². The van der Waals surface area contributed by atoms with Crippen LogP contribution in [-0.4, -0.2) is 43.6 Å². The molecule has 7 heteroatoms. The van der Waals surface area contributed by atoms with Gasteiger partial charge in [0.1, 0.15) is 11.7 Å². The van der Waals surface area contributed by atoms with Crippen LogP contribution >= 0.6 is 0 Å². The van der Waals surface area contributed by atoms with Gasteiger partial charge < -0.3 is 10.0 Å². The lowest BCUT2D eigenvalue weighted by molar-refractivity contribution is -0.138. The van der Waals surface area contributed by atoms with E-state index >= 15 is 0 Å². The number of carboxylic acids is 1. The Bertz CT molecular complexity index is 622. The van der Waals surface area contributed by atoms with Crippen molar-refractivity contribution in [3.05, 3.63) is 24.4 Å². The van der Waals surface area contributed by atoms with Crippen molar-refractivity contribution in [3.8, 4) is 11.4 Å². The SMILES string of the molecule is Cn1nccc1-c1ccc(N2CCC[C@H]2C(=O)O)nn1. The first-order chi connectivity index (χ1) is 9.66. The van der Waals surface area contributed by atoms with Crippen LogP contribution in [0.5, 0.6) is 0 Å². The Morgan fingerprint density at radius 2 is 2.20 bits per heavy atom. The number of anilines is 1. The molecule has 1 fully saturated rings. The van der Waals surface area contributed by atoms with E-state index in [1.165, 1.54) is 0 Å². The van der Waals surface area contributed by atoms with Gasteiger partial charge in [0.05, 0.1) is 5.69 Å². The van der Waals surface area contributed by atoms with Crippen LogP contribution in [0.1, 0.15) is 12.8 Å². The molecule has 0 radical (unpaired) electrons. The highest BCUT2D eigenvalue weighted by molar-refractivity contribution is 5.78. The van der Waals surface area contributed by atoms with Crippen molar-refractivity contribution in [2.24, 2.45) is 7.05 Å². The Morgan fingerprint density at radius 3 is 2.80 bits per heavy atom. The van der Waals surface area contributed by atoms with E-state index in [0.717, 1.165) is 17.8 Å². The molecule has 1 atom stereocenters. The van der Waals surface area contributed by atoms with Crippen molar-refractivity contribution >= 4 is 11.8 Å². The smallest absolute Gasteiger partial charge is 0.326 e. The summed E-state index contributed by atoms with van der Waals surface area (Å²) in [6.07, 6.45) is 3.22. The van der Waals surface area contributed by atoms with E-state index < -0.39 is 12.0 Å². The van der Waals surface area contributed by atoms with Crippen molar-refractivity contribution in [3.63, 3.8) is 0 Å². The molecule has 7 nitrogen and oxygen atoms in total. The van der Waals surface area contributed by atoms with Gasteiger partial charge in [-0.3, -0.25) is 4.68 Å².